The lowest BCUT2D eigenvalue weighted by Crippen LogP contribution is -2.42. The van der Waals surface area contributed by atoms with Gasteiger partial charge < -0.3 is 10.2 Å². The molecule has 3 aromatic rings. The van der Waals surface area contributed by atoms with Crippen LogP contribution in [0.2, 0.25) is 0 Å². The molecule has 0 aliphatic carbocycles. The summed E-state index contributed by atoms with van der Waals surface area (Å²) in [4.78, 5) is 24.9. The summed E-state index contributed by atoms with van der Waals surface area (Å²) in [5, 5.41) is 4.06. The standard InChI is InChI=1S/C20H22N4OS/c1-14-6-8-15(9-7-14)12-22-18(25)16-4-3-11-24(13-16)20-23-17-5-2-10-21-19(17)26-20/h2,5-10,16H,3-4,11-13H2,1H3,(H,22,25)/t16-/m1/s1. The van der Waals surface area contributed by atoms with Gasteiger partial charge >= 0.3 is 0 Å². The van der Waals surface area contributed by atoms with E-state index in [-0.39, 0.29) is 11.8 Å². The van der Waals surface area contributed by atoms with E-state index in [1.807, 2.05) is 12.1 Å². The third kappa shape index (κ3) is 3.70. The number of nitrogens with one attached hydrogen (secondary N) is 1. The summed E-state index contributed by atoms with van der Waals surface area (Å²) in [5.74, 6) is 0.142. The number of hydrogen-bond donors (Lipinski definition) is 1. The Labute approximate surface area is 157 Å². The van der Waals surface area contributed by atoms with Gasteiger partial charge in [-0.15, -0.1) is 0 Å². The van der Waals surface area contributed by atoms with Gasteiger partial charge in [0.2, 0.25) is 5.91 Å². The van der Waals surface area contributed by atoms with Gasteiger partial charge in [0.25, 0.3) is 0 Å². The summed E-state index contributed by atoms with van der Waals surface area (Å²) < 4.78 is 0. The lowest BCUT2D eigenvalue weighted by Gasteiger charge is -2.31. The Morgan fingerprint density at radius 2 is 2.15 bits per heavy atom. The maximum atomic E-state index is 12.6. The molecule has 1 saturated heterocycles. The van der Waals surface area contributed by atoms with Crippen molar-refractivity contribution < 1.29 is 4.79 Å². The number of benzene rings is 1. The van der Waals surface area contributed by atoms with E-state index in [0.29, 0.717) is 6.54 Å². The summed E-state index contributed by atoms with van der Waals surface area (Å²) in [6, 6.07) is 12.2. The van der Waals surface area contributed by atoms with E-state index in [2.05, 4.69) is 51.4 Å². The van der Waals surface area contributed by atoms with Crippen molar-refractivity contribution in [3.05, 3.63) is 53.7 Å². The highest BCUT2D eigenvalue weighted by molar-refractivity contribution is 7.21. The molecule has 5 nitrogen and oxygen atoms in total. The number of hydrogen-bond acceptors (Lipinski definition) is 5. The summed E-state index contributed by atoms with van der Waals surface area (Å²) in [7, 11) is 0. The first-order valence-electron chi connectivity index (χ1n) is 8.99. The number of nitrogens with zero attached hydrogens (tertiary/aromatic N) is 3. The molecule has 0 radical (unpaired) electrons. The minimum Gasteiger partial charge on any atom is -0.352 e. The van der Waals surface area contributed by atoms with Crippen molar-refractivity contribution in [1.29, 1.82) is 0 Å². The van der Waals surface area contributed by atoms with E-state index in [0.717, 1.165) is 47.0 Å². The van der Waals surface area contributed by atoms with Crippen molar-refractivity contribution in [2.45, 2.75) is 26.3 Å². The van der Waals surface area contributed by atoms with Crippen molar-refractivity contribution in [1.82, 2.24) is 15.3 Å². The first-order chi connectivity index (χ1) is 12.7. The lowest BCUT2D eigenvalue weighted by atomic mass is 9.97. The highest BCUT2D eigenvalue weighted by atomic mass is 32.1. The van der Waals surface area contributed by atoms with Crippen LogP contribution in [0.1, 0.15) is 24.0 Å². The van der Waals surface area contributed by atoms with Gasteiger partial charge in [-0.1, -0.05) is 41.2 Å². The van der Waals surface area contributed by atoms with Gasteiger partial charge in [0.05, 0.1) is 5.92 Å². The molecular formula is C20H22N4OS. The maximum Gasteiger partial charge on any atom is 0.225 e. The summed E-state index contributed by atoms with van der Waals surface area (Å²) in [6.45, 7) is 4.32. The molecule has 134 valence electrons. The van der Waals surface area contributed by atoms with Crippen molar-refractivity contribution in [3.63, 3.8) is 0 Å². The van der Waals surface area contributed by atoms with Crippen LogP contribution in [0.4, 0.5) is 5.13 Å². The third-order valence-corrected chi connectivity index (χ3v) is 5.85. The average Bonchev–Trinajstić information content (AvgIpc) is 3.12. The Morgan fingerprint density at radius 1 is 1.31 bits per heavy atom. The van der Waals surface area contributed by atoms with Crippen LogP contribution in [-0.2, 0) is 11.3 Å². The number of rotatable bonds is 4. The van der Waals surface area contributed by atoms with Crippen molar-refractivity contribution in [3.8, 4) is 0 Å². The average molecular weight is 366 g/mol. The number of aryl methyl sites for hydroxylation is 1. The van der Waals surface area contributed by atoms with Crippen LogP contribution in [0, 0.1) is 12.8 Å². The zero-order valence-electron chi connectivity index (χ0n) is 14.8. The molecule has 0 saturated carbocycles. The van der Waals surface area contributed by atoms with Crippen LogP contribution in [0.5, 0.6) is 0 Å². The van der Waals surface area contributed by atoms with Gasteiger partial charge in [0.1, 0.15) is 10.3 Å². The summed E-state index contributed by atoms with van der Waals surface area (Å²) in [6.07, 6.45) is 3.73. The first kappa shape index (κ1) is 17.0. The number of aromatic nitrogens is 2. The quantitative estimate of drug-likeness (QED) is 0.767. The van der Waals surface area contributed by atoms with Crippen LogP contribution in [0.25, 0.3) is 10.3 Å². The number of carbonyl (C=O) groups excluding carboxylic acids is 1. The van der Waals surface area contributed by atoms with Crippen molar-refractivity contribution in [2.24, 2.45) is 5.92 Å². The second-order valence-electron chi connectivity index (χ2n) is 6.81. The van der Waals surface area contributed by atoms with Gasteiger partial charge in [0, 0.05) is 25.8 Å². The largest absolute Gasteiger partial charge is 0.352 e. The van der Waals surface area contributed by atoms with Gasteiger partial charge in [0.15, 0.2) is 5.13 Å². The number of carbonyl (C=O) groups is 1. The minimum absolute atomic E-state index is 0.00849. The normalized spacial score (nSPS) is 17.4. The maximum absolute atomic E-state index is 12.6. The molecule has 1 amide bonds. The van der Waals surface area contributed by atoms with E-state index in [9.17, 15) is 4.79 Å². The number of anilines is 1. The van der Waals surface area contributed by atoms with E-state index < -0.39 is 0 Å². The monoisotopic (exact) mass is 366 g/mol. The van der Waals surface area contributed by atoms with E-state index >= 15 is 0 Å². The number of fused-ring (bicyclic) bond motifs is 1. The van der Waals surface area contributed by atoms with Crippen LogP contribution in [0.3, 0.4) is 0 Å². The van der Waals surface area contributed by atoms with Gasteiger partial charge in [-0.25, -0.2) is 9.97 Å². The molecular weight excluding hydrogens is 344 g/mol. The predicted molar refractivity (Wildman–Crippen MR) is 105 cm³/mol. The van der Waals surface area contributed by atoms with Crippen LogP contribution < -0.4 is 10.2 Å². The number of piperidine rings is 1. The van der Waals surface area contributed by atoms with E-state index in [1.165, 1.54) is 5.56 Å². The smallest absolute Gasteiger partial charge is 0.225 e. The lowest BCUT2D eigenvalue weighted by molar-refractivity contribution is -0.125. The first-order valence-corrected chi connectivity index (χ1v) is 9.80. The van der Waals surface area contributed by atoms with E-state index in [1.54, 1.807) is 17.5 Å². The molecule has 1 fully saturated rings. The minimum atomic E-state index is 0.00849. The van der Waals surface area contributed by atoms with Crippen LogP contribution in [-0.4, -0.2) is 29.0 Å². The Hall–Kier alpha value is -2.47. The van der Waals surface area contributed by atoms with Crippen LogP contribution in [0.15, 0.2) is 42.6 Å². The highest BCUT2D eigenvalue weighted by Gasteiger charge is 2.27. The topological polar surface area (TPSA) is 58.1 Å². The van der Waals surface area contributed by atoms with E-state index in [4.69, 9.17) is 0 Å². The van der Waals surface area contributed by atoms with Crippen LogP contribution >= 0.6 is 11.3 Å². The number of thiazole rings is 1. The molecule has 6 heteroatoms. The Morgan fingerprint density at radius 3 is 2.96 bits per heavy atom. The Balaban J connectivity index is 1.39. The Kier molecular flexibility index (Phi) is 4.84. The molecule has 4 rings (SSSR count). The molecule has 1 aliphatic rings. The summed E-state index contributed by atoms with van der Waals surface area (Å²) >= 11 is 1.60. The molecule has 2 aromatic heterocycles. The van der Waals surface area contributed by atoms with Crippen molar-refractivity contribution in [2.75, 3.05) is 18.0 Å². The second kappa shape index (κ2) is 7.41. The molecule has 1 N–H and O–H groups in total. The number of pyridine rings is 1. The predicted octanol–water partition coefficient (Wildman–Crippen LogP) is 3.53. The molecule has 26 heavy (non-hydrogen) atoms. The number of amides is 1. The third-order valence-electron chi connectivity index (χ3n) is 4.81. The molecule has 3 heterocycles. The van der Waals surface area contributed by atoms with Crippen molar-refractivity contribution >= 4 is 32.7 Å². The molecule has 0 bridgehead atoms. The fraction of sp³-hybridized carbons (Fsp3) is 0.350. The summed E-state index contributed by atoms with van der Waals surface area (Å²) in [5.41, 5.74) is 3.29. The fourth-order valence-electron chi connectivity index (χ4n) is 3.30. The van der Waals surface area contributed by atoms with Gasteiger partial charge in [-0.05, 0) is 37.5 Å². The second-order valence-corrected chi connectivity index (χ2v) is 7.77. The highest BCUT2D eigenvalue weighted by Crippen LogP contribution is 2.30. The molecule has 0 spiro atoms. The fourth-order valence-corrected chi connectivity index (χ4v) is 4.24. The molecule has 1 aliphatic heterocycles. The molecule has 1 aromatic carbocycles. The molecule has 1 atom stereocenters. The zero-order chi connectivity index (χ0) is 17.9. The Bertz CT molecular complexity index is 873. The zero-order valence-corrected chi connectivity index (χ0v) is 15.6. The molecule has 0 unspecified atom stereocenters. The van der Waals surface area contributed by atoms with Gasteiger partial charge in [-0.2, -0.15) is 0 Å². The van der Waals surface area contributed by atoms with Gasteiger partial charge in [-0.3, -0.25) is 4.79 Å². The SMILES string of the molecule is Cc1ccc(CNC(=O)[C@@H]2CCCN(c3nc4cccnc4s3)C2)cc1.